The smallest absolute Gasteiger partial charge is 0.187 e. The average Bonchev–Trinajstić information content (AvgIpc) is 2.51. The highest BCUT2D eigenvalue weighted by Gasteiger charge is 2.49. The first-order chi connectivity index (χ1) is 10.8. The summed E-state index contributed by atoms with van der Waals surface area (Å²) >= 11 is 0. The van der Waals surface area contributed by atoms with Crippen molar-refractivity contribution < 1.29 is 49.6 Å². The molecule has 23 heavy (non-hydrogen) atoms. The minimum Gasteiger partial charge on any atom is -0.388 e. The summed E-state index contributed by atoms with van der Waals surface area (Å²) < 4.78 is 20.4. The SMILES string of the molecule is COC[C@H]1OC(O)[C@H](O[C@@H]2O[C@@H](C)[C@@H](O)[C@@H](O)[C@@H]2O)[C@@H](O)[C@H]1O. The summed E-state index contributed by atoms with van der Waals surface area (Å²) in [5.74, 6) is 0. The molecule has 10 nitrogen and oxygen atoms in total. The van der Waals surface area contributed by atoms with Crippen molar-refractivity contribution in [2.75, 3.05) is 13.7 Å². The van der Waals surface area contributed by atoms with E-state index in [0.29, 0.717) is 0 Å². The molecule has 0 aromatic carbocycles. The van der Waals surface area contributed by atoms with E-state index < -0.39 is 61.4 Å². The molecule has 2 aliphatic heterocycles. The predicted molar refractivity (Wildman–Crippen MR) is 72.0 cm³/mol. The Morgan fingerprint density at radius 1 is 0.826 bits per heavy atom. The molecule has 0 spiro atoms. The molecule has 2 saturated heterocycles. The molecule has 2 aliphatic rings. The highest BCUT2D eigenvalue weighted by atomic mass is 16.7. The van der Waals surface area contributed by atoms with Gasteiger partial charge in [-0.2, -0.15) is 0 Å². The first-order valence-corrected chi connectivity index (χ1v) is 7.31. The average molecular weight is 340 g/mol. The lowest BCUT2D eigenvalue weighted by atomic mass is 9.97. The van der Waals surface area contributed by atoms with E-state index in [9.17, 15) is 30.6 Å². The van der Waals surface area contributed by atoms with Gasteiger partial charge in [-0.25, -0.2) is 0 Å². The molecule has 2 fully saturated rings. The quantitative estimate of drug-likeness (QED) is 0.300. The second kappa shape index (κ2) is 7.66. The van der Waals surface area contributed by atoms with Crippen molar-refractivity contribution in [1.29, 1.82) is 0 Å². The van der Waals surface area contributed by atoms with Crippen molar-refractivity contribution in [2.45, 2.75) is 68.3 Å². The summed E-state index contributed by atoms with van der Waals surface area (Å²) in [6, 6.07) is 0. The van der Waals surface area contributed by atoms with Gasteiger partial charge >= 0.3 is 0 Å². The van der Waals surface area contributed by atoms with E-state index in [0.717, 1.165) is 0 Å². The fourth-order valence-electron chi connectivity index (χ4n) is 2.65. The molecule has 0 saturated carbocycles. The molecule has 2 heterocycles. The summed E-state index contributed by atoms with van der Waals surface area (Å²) in [6.07, 6.45) is -13.6. The third kappa shape index (κ3) is 3.82. The third-order valence-corrected chi connectivity index (χ3v) is 4.09. The number of ether oxygens (including phenoxy) is 4. The van der Waals surface area contributed by atoms with Crippen LogP contribution in [0.4, 0.5) is 0 Å². The van der Waals surface area contributed by atoms with Crippen LogP contribution in [0.1, 0.15) is 6.92 Å². The van der Waals surface area contributed by atoms with Crippen molar-refractivity contribution in [2.24, 2.45) is 0 Å². The monoisotopic (exact) mass is 340 g/mol. The Labute approximate surface area is 132 Å². The van der Waals surface area contributed by atoms with E-state index in [1.807, 2.05) is 0 Å². The summed E-state index contributed by atoms with van der Waals surface area (Å²) in [7, 11) is 1.37. The molecule has 1 unspecified atom stereocenters. The van der Waals surface area contributed by atoms with E-state index in [4.69, 9.17) is 18.9 Å². The lowest BCUT2D eigenvalue weighted by Gasteiger charge is -2.44. The standard InChI is InChI=1S/C13H24O10/c1-4-6(14)8(16)10(18)13(21-4)23-11-9(17)7(15)5(3-20-2)22-12(11)19/h4-19H,3H2,1-2H3/t4-,5+,6+,7-,8+,9-,10-,11+,12?,13-/m0/s1. The molecular formula is C13H24O10. The normalized spacial score (nSPS) is 51.7. The van der Waals surface area contributed by atoms with Gasteiger partial charge in [0.05, 0.1) is 12.7 Å². The zero-order chi connectivity index (χ0) is 17.3. The van der Waals surface area contributed by atoms with Gasteiger partial charge in [-0.15, -0.1) is 0 Å². The molecule has 136 valence electrons. The lowest BCUT2D eigenvalue weighted by Crippen LogP contribution is -2.63. The zero-order valence-corrected chi connectivity index (χ0v) is 12.8. The number of aliphatic hydroxyl groups excluding tert-OH is 6. The highest BCUT2D eigenvalue weighted by Crippen LogP contribution is 2.28. The molecule has 0 aliphatic carbocycles. The Hall–Kier alpha value is -0.400. The molecule has 0 bridgehead atoms. The van der Waals surface area contributed by atoms with E-state index in [-0.39, 0.29) is 6.61 Å². The van der Waals surface area contributed by atoms with Gasteiger partial charge < -0.3 is 49.6 Å². The maximum Gasteiger partial charge on any atom is 0.187 e. The first-order valence-electron chi connectivity index (χ1n) is 7.31. The Morgan fingerprint density at radius 2 is 1.48 bits per heavy atom. The third-order valence-electron chi connectivity index (χ3n) is 4.09. The van der Waals surface area contributed by atoms with Gasteiger partial charge in [-0.1, -0.05) is 0 Å². The molecule has 10 heteroatoms. The van der Waals surface area contributed by atoms with Gasteiger partial charge in [0.1, 0.15) is 42.7 Å². The van der Waals surface area contributed by atoms with E-state index in [1.165, 1.54) is 14.0 Å². The summed E-state index contributed by atoms with van der Waals surface area (Å²) in [5.41, 5.74) is 0. The minimum atomic E-state index is -1.61. The van der Waals surface area contributed by atoms with Crippen molar-refractivity contribution in [3.05, 3.63) is 0 Å². The molecule has 0 aromatic heterocycles. The summed E-state index contributed by atoms with van der Waals surface area (Å²) in [6.45, 7) is 1.41. The van der Waals surface area contributed by atoms with Crippen LogP contribution in [0.2, 0.25) is 0 Å². The second-order valence-electron chi connectivity index (χ2n) is 5.78. The summed E-state index contributed by atoms with van der Waals surface area (Å²) in [5, 5.41) is 59.2. The van der Waals surface area contributed by atoms with Crippen molar-refractivity contribution in [1.82, 2.24) is 0 Å². The Bertz CT molecular complexity index is 382. The Kier molecular flexibility index (Phi) is 6.30. The molecule has 6 N–H and O–H groups in total. The van der Waals surface area contributed by atoms with E-state index in [1.54, 1.807) is 0 Å². The van der Waals surface area contributed by atoms with Gasteiger partial charge in [-0.3, -0.25) is 0 Å². The maximum atomic E-state index is 10.1. The van der Waals surface area contributed by atoms with Gasteiger partial charge in [-0.05, 0) is 6.92 Å². The Morgan fingerprint density at radius 3 is 2.09 bits per heavy atom. The zero-order valence-electron chi connectivity index (χ0n) is 12.8. The largest absolute Gasteiger partial charge is 0.388 e. The van der Waals surface area contributed by atoms with Crippen molar-refractivity contribution in [3.8, 4) is 0 Å². The molecule has 2 rings (SSSR count). The molecular weight excluding hydrogens is 316 g/mol. The fraction of sp³-hybridized carbons (Fsp3) is 1.00. The Balaban J connectivity index is 2.04. The highest BCUT2D eigenvalue weighted by molar-refractivity contribution is 4.92. The lowest BCUT2D eigenvalue weighted by molar-refractivity contribution is -0.359. The van der Waals surface area contributed by atoms with Crippen LogP contribution < -0.4 is 0 Å². The van der Waals surface area contributed by atoms with Gasteiger partial charge in [0.2, 0.25) is 0 Å². The van der Waals surface area contributed by atoms with Crippen LogP contribution in [0.3, 0.4) is 0 Å². The van der Waals surface area contributed by atoms with Crippen LogP contribution in [-0.2, 0) is 18.9 Å². The number of hydrogen-bond acceptors (Lipinski definition) is 10. The fourth-order valence-corrected chi connectivity index (χ4v) is 2.65. The number of hydrogen-bond donors (Lipinski definition) is 6. The topological polar surface area (TPSA) is 158 Å². The van der Waals surface area contributed by atoms with E-state index in [2.05, 4.69) is 0 Å². The maximum absolute atomic E-state index is 10.1. The number of rotatable bonds is 4. The van der Waals surface area contributed by atoms with Crippen LogP contribution in [0, 0.1) is 0 Å². The first kappa shape index (κ1) is 18.9. The second-order valence-corrected chi connectivity index (χ2v) is 5.78. The van der Waals surface area contributed by atoms with Crippen LogP contribution in [0.5, 0.6) is 0 Å². The molecule has 0 radical (unpaired) electrons. The number of methoxy groups -OCH3 is 1. The summed E-state index contributed by atoms with van der Waals surface area (Å²) in [4.78, 5) is 0. The molecule has 0 amide bonds. The number of aliphatic hydroxyl groups is 6. The van der Waals surface area contributed by atoms with Gasteiger partial charge in [0.15, 0.2) is 12.6 Å². The molecule has 10 atom stereocenters. The minimum absolute atomic E-state index is 0.0491. The molecule has 0 aromatic rings. The van der Waals surface area contributed by atoms with Gasteiger partial charge in [0.25, 0.3) is 0 Å². The van der Waals surface area contributed by atoms with Crippen LogP contribution in [0.15, 0.2) is 0 Å². The predicted octanol–water partition coefficient (Wildman–Crippen LogP) is -3.72. The van der Waals surface area contributed by atoms with Crippen LogP contribution in [-0.4, -0.2) is 106 Å². The van der Waals surface area contributed by atoms with Gasteiger partial charge in [0, 0.05) is 7.11 Å². The van der Waals surface area contributed by atoms with Crippen LogP contribution >= 0.6 is 0 Å². The van der Waals surface area contributed by atoms with E-state index >= 15 is 0 Å². The van der Waals surface area contributed by atoms with Crippen LogP contribution in [0.25, 0.3) is 0 Å². The van der Waals surface area contributed by atoms with Crippen molar-refractivity contribution in [3.63, 3.8) is 0 Å². The van der Waals surface area contributed by atoms with Crippen molar-refractivity contribution >= 4 is 0 Å².